The second-order valence-electron chi connectivity index (χ2n) is 4.66. The first kappa shape index (κ1) is 16.8. The summed E-state index contributed by atoms with van der Waals surface area (Å²) in [5, 5.41) is 0. The predicted molar refractivity (Wildman–Crippen MR) is 105 cm³/mol. The molecule has 0 bridgehead atoms. The molecule has 0 radical (unpaired) electrons. The number of hydrogen-bond donors (Lipinski definition) is 0. The van der Waals surface area contributed by atoms with Crippen LogP contribution in [-0.2, 0) is 4.57 Å². The van der Waals surface area contributed by atoms with E-state index in [-0.39, 0.29) is 0 Å². The Balaban J connectivity index is 1.87. The van der Waals surface area contributed by atoms with Gasteiger partial charge in [-0.3, -0.25) is 4.57 Å². The van der Waals surface area contributed by atoms with Gasteiger partial charge in [-0.15, -0.1) is 0 Å². The quantitative estimate of drug-likeness (QED) is 0.416. The van der Waals surface area contributed by atoms with Crippen molar-refractivity contribution in [2.24, 2.45) is 0 Å². The molecule has 0 heterocycles. The standard InChI is InChI=1S/C18H15OPS3/c19-20(21-16-10-4-1-5-11-16,22-17-12-6-2-7-13-17)23-18-14-8-3-9-15-18/h1-15H. The van der Waals surface area contributed by atoms with Crippen LogP contribution in [0.1, 0.15) is 0 Å². The SMILES string of the molecule is O=P(Sc1ccccc1)(Sc1ccccc1)Sc1ccccc1. The Bertz CT molecular complexity index is 671. The van der Waals surface area contributed by atoms with Crippen molar-refractivity contribution in [2.45, 2.75) is 14.7 Å². The Morgan fingerprint density at radius 3 is 1.00 bits per heavy atom. The van der Waals surface area contributed by atoms with Crippen molar-refractivity contribution in [3.63, 3.8) is 0 Å². The first-order valence-corrected chi connectivity index (χ1v) is 13.0. The number of hydrogen-bond acceptors (Lipinski definition) is 4. The lowest BCUT2D eigenvalue weighted by Crippen LogP contribution is -1.74. The summed E-state index contributed by atoms with van der Waals surface area (Å²) in [5.41, 5.74) is 0. The number of rotatable bonds is 6. The van der Waals surface area contributed by atoms with Crippen molar-refractivity contribution < 1.29 is 4.57 Å². The highest BCUT2D eigenvalue weighted by Gasteiger charge is 2.27. The third kappa shape index (κ3) is 5.22. The van der Waals surface area contributed by atoms with Crippen LogP contribution in [-0.4, -0.2) is 0 Å². The van der Waals surface area contributed by atoms with E-state index in [2.05, 4.69) is 0 Å². The molecule has 0 aromatic heterocycles. The van der Waals surface area contributed by atoms with Crippen LogP contribution in [0.4, 0.5) is 0 Å². The van der Waals surface area contributed by atoms with Gasteiger partial charge >= 0.3 is 0 Å². The van der Waals surface area contributed by atoms with E-state index in [0.717, 1.165) is 14.7 Å². The van der Waals surface area contributed by atoms with E-state index >= 15 is 0 Å². The van der Waals surface area contributed by atoms with Crippen LogP contribution in [0.2, 0.25) is 0 Å². The van der Waals surface area contributed by atoms with Gasteiger partial charge in [0.15, 0.2) is 0 Å². The molecule has 0 atom stereocenters. The zero-order valence-corrected chi connectivity index (χ0v) is 15.6. The average Bonchev–Trinajstić information content (AvgIpc) is 2.57. The molecule has 0 N–H and O–H groups in total. The van der Waals surface area contributed by atoms with Gasteiger partial charge in [0.1, 0.15) is 0 Å². The lowest BCUT2D eigenvalue weighted by atomic mass is 10.4. The molecule has 0 fully saturated rings. The van der Waals surface area contributed by atoms with Gasteiger partial charge in [-0.05, 0) is 70.5 Å². The molecule has 0 aliphatic rings. The summed E-state index contributed by atoms with van der Waals surface area (Å²) in [7, 11) is 0. The van der Waals surface area contributed by atoms with Crippen molar-refractivity contribution >= 4 is 38.9 Å². The minimum atomic E-state index is -2.64. The van der Waals surface area contributed by atoms with Crippen LogP contribution < -0.4 is 0 Å². The minimum absolute atomic E-state index is 1.03. The van der Waals surface area contributed by atoms with Crippen molar-refractivity contribution in [3.05, 3.63) is 91.0 Å². The second-order valence-corrected chi connectivity index (χ2v) is 15.9. The van der Waals surface area contributed by atoms with Gasteiger partial charge in [0.05, 0.1) is 0 Å². The van der Waals surface area contributed by atoms with Crippen molar-refractivity contribution in [1.82, 2.24) is 0 Å². The molecule has 0 saturated heterocycles. The van der Waals surface area contributed by atoms with E-state index in [0.29, 0.717) is 0 Å². The third-order valence-corrected chi connectivity index (χ3v) is 12.9. The van der Waals surface area contributed by atoms with Gasteiger partial charge in [0.2, 0.25) is 0 Å². The molecule has 0 aliphatic carbocycles. The van der Waals surface area contributed by atoms with Crippen molar-refractivity contribution in [1.29, 1.82) is 0 Å². The third-order valence-electron chi connectivity index (χ3n) is 2.88. The van der Waals surface area contributed by atoms with Crippen LogP contribution in [0.3, 0.4) is 0 Å². The lowest BCUT2D eigenvalue weighted by Gasteiger charge is -2.16. The Morgan fingerprint density at radius 1 is 0.478 bits per heavy atom. The smallest absolute Gasteiger partial charge is 0.257 e. The van der Waals surface area contributed by atoms with Gasteiger partial charge in [-0.2, -0.15) is 0 Å². The highest BCUT2D eigenvalue weighted by molar-refractivity contribution is 9.14. The van der Waals surface area contributed by atoms with Gasteiger partial charge in [-0.1, -0.05) is 54.6 Å². The lowest BCUT2D eigenvalue weighted by molar-refractivity contribution is 0.601. The topological polar surface area (TPSA) is 17.1 Å². The fourth-order valence-corrected chi connectivity index (χ4v) is 13.0. The molecule has 0 aliphatic heterocycles. The molecule has 3 aromatic carbocycles. The Hall–Kier alpha value is -1.06. The predicted octanol–water partition coefficient (Wildman–Crippen LogP) is 7.47. The van der Waals surface area contributed by atoms with Gasteiger partial charge < -0.3 is 0 Å². The van der Waals surface area contributed by atoms with E-state index < -0.39 is 4.75 Å². The summed E-state index contributed by atoms with van der Waals surface area (Å²) in [4.78, 5) is 3.09. The van der Waals surface area contributed by atoms with E-state index in [1.54, 1.807) is 0 Å². The molecule has 3 aromatic rings. The Morgan fingerprint density at radius 2 is 0.739 bits per heavy atom. The second kappa shape index (κ2) is 8.16. The summed E-state index contributed by atoms with van der Waals surface area (Å²) in [6.45, 7) is 0. The molecular weight excluding hydrogens is 359 g/mol. The fourth-order valence-electron chi connectivity index (χ4n) is 1.89. The molecule has 0 saturated carbocycles. The van der Waals surface area contributed by atoms with Gasteiger partial charge in [0, 0.05) is 14.7 Å². The van der Waals surface area contributed by atoms with Crippen LogP contribution >= 0.6 is 38.9 Å². The summed E-state index contributed by atoms with van der Waals surface area (Å²) in [6, 6.07) is 29.9. The summed E-state index contributed by atoms with van der Waals surface area (Å²) in [6.07, 6.45) is 0. The zero-order chi connectivity index (χ0) is 16.0. The normalized spacial score (nSPS) is 11.3. The van der Waals surface area contributed by atoms with Crippen LogP contribution in [0, 0.1) is 0 Å². The highest BCUT2D eigenvalue weighted by Crippen LogP contribution is 2.82. The molecule has 0 spiro atoms. The summed E-state index contributed by atoms with van der Waals surface area (Å²) in [5.74, 6) is 0. The molecular formula is C18H15OPS3. The molecule has 23 heavy (non-hydrogen) atoms. The monoisotopic (exact) mass is 374 g/mol. The van der Waals surface area contributed by atoms with Crippen LogP contribution in [0.5, 0.6) is 0 Å². The van der Waals surface area contributed by atoms with Crippen LogP contribution in [0.25, 0.3) is 0 Å². The fraction of sp³-hybridized carbons (Fsp3) is 0. The molecule has 0 amide bonds. The maximum atomic E-state index is 13.6. The molecule has 3 rings (SSSR count). The van der Waals surface area contributed by atoms with Crippen molar-refractivity contribution in [2.75, 3.05) is 0 Å². The first-order valence-electron chi connectivity index (χ1n) is 7.07. The van der Waals surface area contributed by atoms with Gasteiger partial charge in [-0.25, -0.2) is 0 Å². The van der Waals surface area contributed by atoms with E-state index in [1.165, 1.54) is 34.1 Å². The maximum Gasteiger partial charge on any atom is 0.257 e. The van der Waals surface area contributed by atoms with E-state index in [4.69, 9.17) is 0 Å². The minimum Gasteiger partial charge on any atom is -0.287 e. The molecule has 1 nitrogen and oxygen atoms in total. The van der Waals surface area contributed by atoms with Crippen molar-refractivity contribution in [3.8, 4) is 0 Å². The Labute approximate surface area is 148 Å². The molecule has 5 heteroatoms. The largest absolute Gasteiger partial charge is 0.287 e. The summed E-state index contributed by atoms with van der Waals surface area (Å²) >= 11 is 4.39. The average molecular weight is 374 g/mol. The Kier molecular flexibility index (Phi) is 5.96. The van der Waals surface area contributed by atoms with Gasteiger partial charge in [0.25, 0.3) is 4.75 Å². The number of benzene rings is 3. The molecule has 116 valence electrons. The zero-order valence-electron chi connectivity index (χ0n) is 12.2. The van der Waals surface area contributed by atoms with E-state index in [1.807, 2.05) is 91.0 Å². The molecule has 0 unspecified atom stereocenters. The first-order chi connectivity index (χ1) is 11.2. The highest BCUT2D eigenvalue weighted by atomic mass is 33.4. The maximum absolute atomic E-state index is 13.6. The van der Waals surface area contributed by atoms with E-state index in [9.17, 15) is 4.57 Å². The summed E-state index contributed by atoms with van der Waals surface area (Å²) < 4.78 is 11.0. The van der Waals surface area contributed by atoms with Crippen LogP contribution in [0.15, 0.2) is 106 Å².